The van der Waals surface area contributed by atoms with E-state index in [0.29, 0.717) is 36.9 Å². The Bertz CT molecular complexity index is 1050. The van der Waals surface area contributed by atoms with Crippen molar-refractivity contribution in [2.45, 2.75) is 12.8 Å². The quantitative estimate of drug-likeness (QED) is 0.658. The molecule has 29 heavy (non-hydrogen) atoms. The highest BCUT2D eigenvalue weighted by Crippen LogP contribution is 2.23. The van der Waals surface area contributed by atoms with Gasteiger partial charge in [-0.2, -0.15) is 0 Å². The number of amides is 2. The maximum atomic E-state index is 13.0. The van der Waals surface area contributed by atoms with Crippen LogP contribution in [0.2, 0.25) is 5.02 Å². The van der Waals surface area contributed by atoms with Gasteiger partial charge in [0.1, 0.15) is 5.69 Å². The molecule has 0 saturated carbocycles. The number of halogens is 1. The number of carbonyl (C=O) groups is 2. The van der Waals surface area contributed by atoms with Crippen molar-refractivity contribution < 1.29 is 9.59 Å². The fraction of sp³-hybridized carbons (Fsp3) is 0.304. The number of benzene rings is 2. The van der Waals surface area contributed by atoms with Crippen LogP contribution in [0.25, 0.3) is 10.9 Å². The van der Waals surface area contributed by atoms with Gasteiger partial charge in [-0.15, -0.1) is 0 Å². The Morgan fingerprint density at radius 1 is 0.931 bits per heavy atom. The van der Waals surface area contributed by atoms with E-state index in [1.165, 1.54) is 0 Å². The lowest BCUT2D eigenvalue weighted by Crippen LogP contribution is -2.51. The third kappa shape index (κ3) is 3.75. The lowest BCUT2D eigenvalue weighted by atomic mass is 9.99. The Morgan fingerprint density at radius 3 is 2.21 bits per heavy atom. The first-order chi connectivity index (χ1) is 14.0. The van der Waals surface area contributed by atoms with Crippen molar-refractivity contribution in [1.29, 1.82) is 0 Å². The van der Waals surface area contributed by atoms with Crippen molar-refractivity contribution in [2.24, 2.45) is 7.05 Å². The molecule has 0 radical (unpaired) electrons. The van der Waals surface area contributed by atoms with Crippen molar-refractivity contribution in [1.82, 2.24) is 14.4 Å². The number of carbonyl (C=O) groups excluding carboxylic acids is 2. The van der Waals surface area contributed by atoms with Crippen LogP contribution >= 0.6 is 11.6 Å². The molecule has 1 saturated heterocycles. The second kappa shape index (κ2) is 7.91. The van der Waals surface area contributed by atoms with Crippen LogP contribution in [0.1, 0.15) is 28.9 Å². The number of para-hydroxylation sites is 1. The number of rotatable bonds is 3. The van der Waals surface area contributed by atoms with Crippen LogP contribution < -0.4 is 0 Å². The summed E-state index contributed by atoms with van der Waals surface area (Å²) in [5.41, 5.74) is 2.68. The predicted octanol–water partition coefficient (Wildman–Crippen LogP) is 3.92. The molecule has 1 unspecified atom stereocenters. The SMILES string of the molecule is CC(C(=O)N1CCN(C(=O)c2cc3ccccc3n2C)CC1)c1ccc(Cl)cc1. The monoisotopic (exact) mass is 409 g/mol. The Balaban J connectivity index is 1.42. The molecule has 2 aromatic carbocycles. The number of nitrogens with zero attached hydrogens (tertiary/aromatic N) is 3. The van der Waals surface area contributed by atoms with Gasteiger partial charge >= 0.3 is 0 Å². The first kappa shape index (κ1) is 19.5. The third-order valence-electron chi connectivity index (χ3n) is 5.79. The van der Waals surface area contributed by atoms with Gasteiger partial charge in [-0.3, -0.25) is 9.59 Å². The lowest BCUT2D eigenvalue weighted by Gasteiger charge is -2.36. The number of aryl methyl sites for hydroxylation is 1. The average Bonchev–Trinajstić information content (AvgIpc) is 3.09. The van der Waals surface area contributed by atoms with Crippen LogP contribution in [-0.2, 0) is 11.8 Å². The van der Waals surface area contributed by atoms with Gasteiger partial charge in [0, 0.05) is 49.2 Å². The minimum absolute atomic E-state index is 0.0153. The smallest absolute Gasteiger partial charge is 0.270 e. The first-order valence-corrected chi connectivity index (χ1v) is 10.2. The summed E-state index contributed by atoms with van der Waals surface area (Å²) in [7, 11) is 1.92. The minimum atomic E-state index is -0.229. The van der Waals surface area contributed by atoms with Gasteiger partial charge in [-0.05, 0) is 36.8 Å². The molecule has 6 heteroatoms. The van der Waals surface area contributed by atoms with Crippen LogP contribution in [0.3, 0.4) is 0 Å². The maximum absolute atomic E-state index is 13.0. The Labute approximate surface area is 175 Å². The van der Waals surface area contributed by atoms with Gasteiger partial charge in [0.2, 0.25) is 5.91 Å². The number of aromatic nitrogens is 1. The lowest BCUT2D eigenvalue weighted by molar-refractivity contribution is -0.133. The number of hydrogen-bond acceptors (Lipinski definition) is 2. The van der Waals surface area contributed by atoms with E-state index in [4.69, 9.17) is 11.6 Å². The summed E-state index contributed by atoms with van der Waals surface area (Å²) in [6.45, 7) is 4.09. The van der Waals surface area contributed by atoms with Crippen molar-refractivity contribution in [2.75, 3.05) is 26.2 Å². The highest BCUT2D eigenvalue weighted by atomic mass is 35.5. The molecular formula is C23H24ClN3O2. The topological polar surface area (TPSA) is 45.6 Å². The number of hydrogen-bond donors (Lipinski definition) is 0. The zero-order chi connectivity index (χ0) is 20.5. The molecule has 150 valence electrons. The summed E-state index contributed by atoms with van der Waals surface area (Å²) in [6.07, 6.45) is 0. The molecule has 3 aromatic rings. The van der Waals surface area contributed by atoms with Crippen molar-refractivity contribution in [3.63, 3.8) is 0 Å². The van der Waals surface area contributed by atoms with Gasteiger partial charge < -0.3 is 14.4 Å². The zero-order valence-electron chi connectivity index (χ0n) is 16.6. The molecule has 1 aliphatic rings. The normalized spacial score (nSPS) is 15.6. The van der Waals surface area contributed by atoms with E-state index in [1.54, 1.807) is 12.1 Å². The van der Waals surface area contributed by atoms with Gasteiger partial charge in [-0.25, -0.2) is 0 Å². The largest absolute Gasteiger partial charge is 0.340 e. The van der Waals surface area contributed by atoms with Gasteiger partial charge in [0.25, 0.3) is 5.91 Å². The second-order valence-corrected chi connectivity index (χ2v) is 7.97. The summed E-state index contributed by atoms with van der Waals surface area (Å²) in [5.74, 6) is -0.127. The van der Waals surface area contributed by atoms with Crippen molar-refractivity contribution in [3.8, 4) is 0 Å². The molecule has 1 aliphatic heterocycles. The molecule has 2 amide bonds. The van der Waals surface area contributed by atoms with E-state index in [-0.39, 0.29) is 17.7 Å². The molecule has 0 aliphatic carbocycles. The van der Waals surface area contributed by atoms with E-state index in [0.717, 1.165) is 16.5 Å². The summed E-state index contributed by atoms with van der Waals surface area (Å²) in [5, 5.41) is 1.72. The van der Waals surface area contributed by atoms with Crippen LogP contribution in [0, 0.1) is 0 Å². The highest BCUT2D eigenvalue weighted by Gasteiger charge is 2.29. The minimum Gasteiger partial charge on any atom is -0.340 e. The standard InChI is InChI=1S/C23H24ClN3O2/c1-16(17-7-9-19(24)10-8-17)22(28)26-11-13-27(14-12-26)23(29)21-15-18-5-3-4-6-20(18)25(21)2/h3-10,15-16H,11-14H2,1-2H3. The van der Waals surface area contributed by atoms with E-state index in [9.17, 15) is 9.59 Å². The van der Waals surface area contributed by atoms with Crippen LogP contribution in [0.5, 0.6) is 0 Å². The van der Waals surface area contributed by atoms with Gasteiger partial charge in [-0.1, -0.05) is 41.9 Å². The van der Waals surface area contributed by atoms with E-state index >= 15 is 0 Å². The van der Waals surface area contributed by atoms with Crippen LogP contribution in [0.15, 0.2) is 54.6 Å². The summed E-state index contributed by atoms with van der Waals surface area (Å²) in [4.78, 5) is 29.6. The number of fused-ring (bicyclic) bond motifs is 1. The zero-order valence-corrected chi connectivity index (χ0v) is 17.4. The molecule has 0 bridgehead atoms. The summed E-state index contributed by atoms with van der Waals surface area (Å²) in [6, 6.07) is 17.3. The molecule has 4 rings (SSSR count). The third-order valence-corrected chi connectivity index (χ3v) is 6.04. The number of piperazine rings is 1. The van der Waals surface area contributed by atoms with Crippen LogP contribution in [0.4, 0.5) is 0 Å². The van der Waals surface area contributed by atoms with E-state index < -0.39 is 0 Å². The Morgan fingerprint density at radius 2 is 1.55 bits per heavy atom. The Kier molecular flexibility index (Phi) is 5.33. The van der Waals surface area contributed by atoms with E-state index in [2.05, 4.69) is 0 Å². The van der Waals surface area contributed by atoms with Gasteiger partial charge in [0.05, 0.1) is 5.92 Å². The summed E-state index contributed by atoms with van der Waals surface area (Å²) < 4.78 is 1.94. The summed E-state index contributed by atoms with van der Waals surface area (Å²) >= 11 is 5.94. The fourth-order valence-electron chi connectivity index (χ4n) is 3.95. The molecule has 1 fully saturated rings. The van der Waals surface area contributed by atoms with Crippen molar-refractivity contribution >= 4 is 34.3 Å². The molecular weight excluding hydrogens is 386 g/mol. The molecule has 5 nitrogen and oxygen atoms in total. The van der Waals surface area contributed by atoms with Crippen molar-refractivity contribution in [3.05, 3.63) is 70.9 Å². The van der Waals surface area contributed by atoms with Gasteiger partial charge in [0.15, 0.2) is 0 Å². The molecule has 0 spiro atoms. The molecule has 2 heterocycles. The fourth-order valence-corrected chi connectivity index (χ4v) is 4.08. The molecule has 1 aromatic heterocycles. The molecule has 1 atom stereocenters. The first-order valence-electron chi connectivity index (χ1n) is 9.83. The average molecular weight is 410 g/mol. The molecule has 0 N–H and O–H groups in total. The Hall–Kier alpha value is -2.79. The maximum Gasteiger partial charge on any atom is 0.270 e. The van der Waals surface area contributed by atoms with Crippen LogP contribution in [-0.4, -0.2) is 52.4 Å². The second-order valence-electron chi connectivity index (χ2n) is 7.54. The van der Waals surface area contributed by atoms with E-state index in [1.807, 2.05) is 70.8 Å². The highest BCUT2D eigenvalue weighted by molar-refractivity contribution is 6.30. The predicted molar refractivity (Wildman–Crippen MR) is 115 cm³/mol.